The standard InChI is InChI=1S/C23H25N3O4S/c24-17-23(11-12-23)19-4-6-20(7-5-19)25-22(27)10-3-18-1-8-21(9-2-18)31(28,29)26-13-15-30-16-14-26/h1-2,4-9H,3,10-16H2,(H,25,27). The predicted molar refractivity (Wildman–Crippen MR) is 116 cm³/mol. The van der Waals surface area contributed by atoms with Crippen molar-refractivity contribution in [2.75, 3.05) is 31.6 Å². The van der Waals surface area contributed by atoms with Crippen molar-refractivity contribution < 1.29 is 17.9 Å². The molecule has 8 heteroatoms. The molecule has 2 aromatic rings. The number of sulfonamides is 1. The number of rotatable bonds is 7. The zero-order valence-corrected chi connectivity index (χ0v) is 18.0. The Kier molecular flexibility index (Phi) is 6.10. The lowest BCUT2D eigenvalue weighted by atomic mass is 9.98. The molecule has 0 unspecified atom stereocenters. The van der Waals surface area contributed by atoms with Gasteiger partial charge in [0.1, 0.15) is 0 Å². The number of carbonyl (C=O) groups is 1. The molecule has 162 valence electrons. The van der Waals surface area contributed by atoms with E-state index in [2.05, 4.69) is 11.4 Å². The van der Waals surface area contributed by atoms with Crippen LogP contribution in [0.3, 0.4) is 0 Å². The molecule has 4 rings (SSSR count). The van der Waals surface area contributed by atoms with Crippen molar-refractivity contribution in [1.82, 2.24) is 4.31 Å². The van der Waals surface area contributed by atoms with Crippen molar-refractivity contribution in [2.24, 2.45) is 0 Å². The molecule has 0 atom stereocenters. The summed E-state index contributed by atoms with van der Waals surface area (Å²) in [4.78, 5) is 12.5. The maximum atomic E-state index is 12.7. The van der Waals surface area contributed by atoms with Gasteiger partial charge in [0.15, 0.2) is 0 Å². The number of nitriles is 1. The Morgan fingerprint density at radius 1 is 1.06 bits per heavy atom. The molecule has 1 saturated carbocycles. The molecular formula is C23H25N3O4S. The molecule has 7 nitrogen and oxygen atoms in total. The van der Waals surface area contributed by atoms with Crippen LogP contribution in [0.4, 0.5) is 5.69 Å². The average molecular weight is 440 g/mol. The van der Waals surface area contributed by atoms with E-state index in [1.165, 1.54) is 4.31 Å². The second-order valence-corrected chi connectivity index (χ2v) is 9.92. The van der Waals surface area contributed by atoms with Crippen LogP contribution in [-0.4, -0.2) is 44.9 Å². The number of anilines is 1. The Morgan fingerprint density at radius 2 is 1.71 bits per heavy atom. The Hall–Kier alpha value is -2.73. The molecular weight excluding hydrogens is 414 g/mol. The minimum Gasteiger partial charge on any atom is -0.379 e. The van der Waals surface area contributed by atoms with E-state index in [4.69, 9.17) is 4.74 Å². The van der Waals surface area contributed by atoms with Gasteiger partial charge in [-0.2, -0.15) is 9.57 Å². The lowest BCUT2D eigenvalue weighted by molar-refractivity contribution is -0.116. The zero-order valence-electron chi connectivity index (χ0n) is 17.2. The fraction of sp³-hybridized carbons (Fsp3) is 0.391. The summed E-state index contributed by atoms with van der Waals surface area (Å²) in [5.41, 5.74) is 2.27. The third-order valence-corrected chi connectivity index (χ3v) is 7.77. The second kappa shape index (κ2) is 8.79. The van der Waals surface area contributed by atoms with Crippen LogP contribution in [0.15, 0.2) is 53.4 Å². The highest BCUT2D eigenvalue weighted by Gasteiger charge is 2.44. The summed E-state index contributed by atoms with van der Waals surface area (Å²) in [7, 11) is -3.51. The molecule has 2 aliphatic rings. The van der Waals surface area contributed by atoms with E-state index in [-0.39, 0.29) is 16.2 Å². The summed E-state index contributed by atoms with van der Waals surface area (Å²) in [5.74, 6) is -0.112. The maximum absolute atomic E-state index is 12.7. The van der Waals surface area contributed by atoms with E-state index in [1.807, 2.05) is 24.3 Å². The summed E-state index contributed by atoms with van der Waals surface area (Å²) in [5, 5.41) is 12.1. The Bertz CT molecular complexity index is 1080. The first-order chi connectivity index (χ1) is 14.9. The van der Waals surface area contributed by atoms with Gasteiger partial charge in [0.2, 0.25) is 15.9 Å². The number of hydrogen-bond acceptors (Lipinski definition) is 5. The van der Waals surface area contributed by atoms with Crippen LogP contribution >= 0.6 is 0 Å². The summed E-state index contributed by atoms with van der Waals surface area (Å²) in [6.45, 7) is 1.55. The van der Waals surface area contributed by atoms with Crippen LogP contribution in [0.5, 0.6) is 0 Å². The van der Waals surface area contributed by atoms with Gasteiger partial charge in [-0.25, -0.2) is 8.42 Å². The molecule has 1 aliphatic carbocycles. The highest BCUT2D eigenvalue weighted by Crippen LogP contribution is 2.47. The average Bonchev–Trinajstić information content (AvgIpc) is 3.60. The molecule has 31 heavy (non-hydrogen) atoms. The van der Waals surface area contributed by atoms with Crippen molar-refractivity contribution in [3.05, 3.63) is 59.7 Å². The van der Waals surface area contributed by atoms with Gasteiger partial charge in [-0.1, -0.05) is 24.3 Å². The van der Waals surface area contributed by atoms with Crippen molar-refractivity contribution >= 4 is 21.6 Å². The van der Waals surface area contributed by atoms with E-state index in [1.54, 1.807) is 24.3 Å². The van der Waals surface area contributed by atoms with Gasteiger partial charge >= 0.3 is 0 Å². The van der Waals surface area contributed by atoms with Crippen LogP contribution < -0.4 is 5.32 Å². The summed E-state index contributed by atoms with van der Waals surface area (Å²) in [6.07, 6.45) is 2.59. The van der Waals surface area contributed by atoms with Gasteiger partial charge < -0.3 is 10.1 Å². The Balaban J connectivity index is 1.30. The molecule has 2 fully saturated rings. The monoisotopic (exact) mass is 439 g/mol. The minimum atomic E-state index is -3.51. The molecule has 1 amide bonds. The first-order valence-electron chi connectivity index (χ1n) is 10.4. The van der Waals surface area contributed by atoms with Gasteiger partial charge in [-0.3, -0.25) is 4.79 Å². The number of carbonyl (C=O) groups excluding carboxylic acids is 1. The fourth-order valence-electron chi connectivity index (χ4n) is 3.71. The Morgan fingerprint density at radius 3 is 2.29 bits per heavy atom. The van der Waals surface area contributed by atoms with Gasteiger partial charge in [0, 0.05) is 25.2 Å². The quantitative estimate of drug-likeness (QED) is 0.715. The van der Waals surface area contributed by atoms with Gasteiger partial charge in [-0.15, -0.1) is 0 Å². The molecule has 0 bridgehead atoms. The number of aryl methyl sites for hydroxylation is 1. The van der Waals surface area contributed by atoms with Crippen LogP contribution in [0, 0.1) is 11.3 Å². The van der Waals surface area contributed by atoms with Crippen LogP contribution in [0.1, 0.15) is 30.4 Å². The predicted octanol–water partition coefficient (Wildman–Crippen LogP) is 2.83. The van der Waals surface area contributed by atoms with Gasteiger partial charge in [-0.05, 0) is 54.7 Å². The van der Waals surface area contributed by atoms with E-state index >= 15 is 0 Å². The van der Waals surface area contributed by atoms with Gasteiger partial charge in [0.05, 0.1) is 29.6 Å². The van der Waals surface area contributed by atoms with Gasteiger partial charge in [0.25, 0.3) is 0 Å². The van der Waals surface area contributed by atoms with Crippen LogP contribution in [0.25, 0.3) is 0 Å². The van der Waals surface area contributed by atoms with Crippen LogP contribution in [-0.2, 0) is 31.4 Å². The third kappa shape index (κ3) is 4.79. The number of nitrogens with zero attached hydrogens (tertiary/aromatic N) is 2. The number of hydrogen-bond donors (Lipinski definition) is 1. The van der Waals surface area contributed by atoms with Crippen molar-refractivity contribution in [2.45, 2.75) is 36.0 Å². The highest BCUT2D eigenvalue weighted by molar-refractivity contribution is 7.89. The van der Waals surface area contributed by atoms with E-state index in [0.29, 0.717) is 44.8 Å². The smallest absolute Gasteiger partial charge is 0.243 e. The molecule has 1 N–H and O–H groups in total. The molecule has 1 heterocycles. The lowest BCUT2D eigenvalue weighted by Crippen LogP contribution is -2.40. The van der Waals surface area contributed by atoms with Crippen molar-refractivity contribution in [3.8, 4) is 6.07 Å². The third-order valence-electron chi connectivity index (χ3n) is 5.86. The summed E-state index contributed by atoms with van der Waals surface area (Å²) >= 11 is 0. The molecule has 2 aromatic carbocycles. The highest BCUT2D eigenvalue weighted by atomic mass is 32.2. The number of amides is 1. The fourth-order valence-corrected chi connectivity index (χ4v) is 5.12. The lowest BCUT2D eigenvalue weighted by Gasteiger charge is -2.26. The largest absolute Gasteiger partial charge is 0.379 e. The van der Waals surface area contributed by atoms with E-state index in [0.717, 1.165) is 24.0 Å². The molecule has 1 saturated heterocycles. The van der Waals surface area contributed by atoms with Crippen LogP contribution in [0.2, 0.25) is 0 Å². The second-order valence-electron chi connectivity index (χ2n) is 7.98. The number of nitrogens with one attached hydrogen (secondary N) is 1. The Labute approximate surface area is 182 Å². The molecule has 0 spiro atoms. The zero-order chi connectivity index (χ0) is 21.9. The normalized spacial score (nSPS) is 18.2. The summed E-state index contributed by atoms with van der Waals surface area (Å²) < 4.78 is 32.0. The summed E-state index contributed by atoms with van der Waals surface area (Å²) in [6, 6.07) is 16.5. The first-order valence-corrected chi connectivity index (χ1v) is 11.9. The topological polar surface area (TPSA) is 99.5 Å². The molecule has 0 radical (unpaired) electrons. The number of morpholine rings is 1. The maximum Gasteiger partial charge on any atom is 0.243 e. The SMILES string of the molecule is N#CC1(c2ccc(NC(=O)CCc3ccc(S(=O)(=O)N4CCOCC4)cc3)cc2)CC1. The number of ether oxygens (including phenoxy) is 1. The van der Waals surface area contributed by atoms with E-state index < -0.39 is 10.0 Å². The first kappa shape index (κ1) is 21.5. The molecule has 1 aliphatic heterocycles. The van der Waals surface area contributed by atoms with Crippen molar-refractivity contribution in [3.63, 3.8) is 0 Å². The molecule has 0 aromatic heterocycles. The van der Waals surface area contributed by atoms with E-state index in [9.17, 15) is 18.5 Å². The number of benzene rings is 2. The minimum absolute atomic E-state index is 0.112. The van der Waals surface area contributed by atoms with Crippen molar-refractivity contribution in [1.29, 1.82) is 5.26 Å².